The van der Waals surface area contributed by atoms with Gasteiger partial charge in [-0.2, -0.15) is 0 Å². The van der Waals surface area contributed by atoms with Crippen LogP contribution in [0.1, 0.15) is 5.56 Å². The van der Waals surface area contributed by atoms with E-state index in [1.54, 1.807) is 17.5 Å². The Morgan fingerprint density at radius 2 is 2.11 bits per heavy atom. The van der Waals surface area contributed by atoms with Gasteiger partial charge in [0.1, 0.15) is 10.2 Å². The monoisotopic (exact) mass is 294 g/mol. The number of pyridine rings is 1. The number of hydrogen-bond acceptors (Lipinski definition) is 3. The Hall–Kier alpha value is -1.16. The van der Waals surface area contributed by atoms with Gasteiger partial charge in [-0.05, 0) is 24.3 Å². The first-order chi connectivity index (χ1) is 8.78. The second kappa shape index (κ2) is 4.84. The molecule has 18 heavy (non-hydrogen) atoms. The maximum atomic E-state index is 6.04. The lowest BCUT2D eigenvalue weighted by molar-refractivity contribution is 1.30. The number of aromatic nitrogens is 2. The van der Waals surface area contributed by atoms with E-state index >= 15 is 0 Å². The molecule has 0 amide bonds. The molecular weight excluding hydrogens is 287 g/mol. The van der Waals surface area contributed by atoms with Gasteiger partial charge in [0.05, 0.1) is 11.4 Å². The molecule has 3 aromatic rings. The van der Waals surface area contributed by atoms with E-state index in [1.165, 1.54) is 0 Å². The van der Waals surface area contributed by atoms with E-state index in [2.05, 4.69) is 16.0 Å². The quantitative estimate of drug-likeness (QED) is 0.503. The number of nitrogens with zero attached hydrogens (tertiary/aromatic N) is 2. The molecule has 2 heterocycles. The van der Waals surface area contributed by atoms with Crippen LogP contribution in [-0.4, -0.2) is 9.97 Å². The zero-order valence-corrected chi connectivity index (χ0v) is 11.6. The van der Waals surface area contributed by atoms with Crippen LogP contribution in [0.4, 0.5) is 0 Å². The van der Waals surface area contributed by atoms with Gasteiger partial charge in [0.25, 0.3) is 0 Å². The predicted octanol–water partition coefficient (Wildman–Crippen LogP) is 4.75. The Kier molecular flexibility index (Phi) is 3.20. The molecule has 0 atom stereocenters. The van der Waals surface area contributed by atoms with Gasteiger partial charge >= 0.3 is 0 Å². The maximum Gasteiger partial charge on any atom is 0.134 e. The first kappa shape index (κ1) is 11.9. The SMILES string of the molecule is ClCc1cc2cc(-c3nccs3)ccc2nc1Cl. The lowest BCUT2D eigenvalue weighted by atomic mass is 10.1. The van der Waals surface area contributed by atoms with Gasteiger partial charge in [0.15, 0.2) is 0 Å². The summed E-state index contributed by atoms with van der Waals surface area (Å²) in [6.07, 6.45) is 1.80. The summed E-state index contributed by atoms with van der Waals surface area (Å²) in [5, 5.41) is 4.46. The second-order valence-electron chi connectivity index (χ2n) is 3.82. The summed E-state index contributed by atoms with van der Waals surface area (Å²) in [6, 6.07) is 8.00. The van der Waals surface area contributed by atoms with Crippen molar-refractivity contribution >= 4 is 45.4 Å². The molecule has 90 valence electrons. The minimum Gasteiger partial charge on any atom is -0.245 e. The molecule has 0 unspecified atom stereocenters. The molecule has 2 aromatic heterocycles. The van der Waals surface area contributed by atoms with Crippen LogP contribution in [0.3, 0.4) is 0 Å². The van der Waals surface area contributed by atoms with E-state index in [9.17, 15) is 0 Å². The Morgan fingerprint density at radius 1 is 1.22 bits per heavy atom. The van der Waals surface area contributed by atoms with Crippen molar-refractivity contribution in [3.05, 3.63) is 46.6 Å². The highest BCUT2D eigenvalue weighted by Gasteiger charge is 2.06. The molecular formula is C13H8Cl2N2S. The van der Waals surface area contributed by atoms with Crippen molar-refractivity contribution in [1.29, 1.82) is 0 Å². The number of hydrogen-bond donors (Lipinski definition) is 0. The second-order valence-corrected chi connectivity index (χ2v) is 5.34. The molecule has 0 saturated heterocycles. The van der Waals surface area contributed by atoms with Gasteiger partial charge in [-0.1, -0.05) is 11.6 Å². The molecule has 2 nitrogen and oxygen atoms in total. The third-order valence-electron chi connectivity index (χ3n) is 2.66. The number of thiazole rings is 1. The van der Waals surface area contributed by atoms with Crippen molar-refractivity contribution in [2.75, 3.05) is 0 Å². The van der Waals surface area contributed by atoms with Gasteiger partial charge in [-0.25, -0.2) is 9.97 Å². The predicted molar refractivity (Wildman–Crippen MR) is 77.4 cm³/mol. The van der Waals surface area contributed by atoms with E-state index in [1.807, 2.05) is 23.6 Å². The van der Waals surface area contributed by atoms with Crippen molar-refractivity contribution in [3.63, 3.8) is 0 Å². The molecule has 0 radical (unpaired) electrons. The average Bonchev–Trinajstić information content (AvgIpc) is 2.91. The van der Waals surface area contributed by atoms with Gasteiger partial charge in [0, 0.05) is 28.1 Å². The number of rotatable bonds is 2. The van der Waals surface area contributed by atoms with Gasteiger partial charge in [0.2, 0.25) is 0 Å². The van der Waals surface area contributed by atoms with Gasteiger partial charge in [-0.3, -0.25) is 0 Å². The summed E-state index contributed by atoms with van der Waals surface area (Å²) >= 11 is 13.5. The fraction of sp³-hybridized carbons (Fsp3) is 0.0769. The minimum absolute atomic E-state index is 0.364. The van der Waals surface area contributed by atoms with Crippen LogP contribution in [0.5, 0.6) is 0 Å². The Bertz CT molecular complexity index is 696. The Labute approximate surface area is 118 Å². The molecule has 0 spiro atoms. The topological polar surface area (TPSA) is 25.8 Å². The molecule has 0 aliphatic rings. The average molecular weight is 295 g/mol. The summed E-state index contributed by atoms with van der Waals surface area (Å²) in [6.45, 7) is 0. The van der Waals surface area contributed by atoms with Crippen molar-refractivity contribution in [3.8, 4) is 10.6 Å². The highest BCUT2D eigenvalue weighted by atomic mass is 35.5. The largest absolute Gasteiger partial charge is 0.245 e. The van der Waals surface area contributed by atoms with E-state index in [0.29, 0.717) is 11.0 Å². The molecule has 0 aliphatic heterocycles. The van der Waals surface area contributed by atoms with Crippen LogP contribution >= 0.6 is 34.5 Å². The highest BCUT2D eigenvalue weighted by Crippen LogP contribution is 2.28. The normalized spacial score (nSPS) is 11.0. The van der Waals surface area contributed by atoms with Gasteiger partial charge < -0.3 is 0 Å². The highest BCUT2D eigenvalue weighted by molar-refractivity contribution is 7.13. The Balaban J connectivity index is 2.20. The van der Waals surface area contributed by atoms with Crippen LogP contribution < -0.4 is 0 Å². The van der Waals surface area contributed by atoms with E-state index in [-0.39, 0.29) is 0 Å². The third kappa shape index (κ3) is 2.09. The minimum atomic E-state index is 0.364. The molecule has 1 aromatic carbocycles. The molecule has 3 rings (SSSR count). The van der Waals surface area contributed by atoms with E-state index in [4.69, 9.17) is 23.2 Å². The molecule has 5 heteroatoms. The van der Waals surface area contributed by atoms with Crippen molar-refractivity contribution in [2.45, 2.75) is 5.88 Å². The fourth-order valence-electron chi connectivity index (χ4n) is 1.79. The number of fused-ring (bicyclic) bond motifs is 1. The number of benzene rings is 1. The summed E-state index contributed by atoms with van der Waals surface area (Å²) in [5.41, 5.74) is 2.80. The first-order valence-electron chi connectivity index (χ1n) is 5.33. The van der Waals surface area contributed by atoms with Crippen LogP contribution in [-0.2, 0) is 5.88 Å². The summed E-state index contributed by atoms with van der Waals surface area (Å²) in [7, 11) is 0. The molecule has 0 N–H and O–H groups in total. The first-order valence-corrected chi connectivity index (χ1v) is 7.12. The summed E-state index contributed by atoms with van der Waals surface area (Å²) < 4.78 is 0. The fourth-order valence-corrected chi connectivity index (χ4v) is 2.91. The van der Waals surface area contributed by atoms with Crippen LogP contribution in [0.25, 0.3) is 21.5 Å². The molecule has 0 saturated carbocycles. The molecule has 0 bridgehead atoms. The third-order valence-corrected chi connectivity index (χ3v) is 4.10. The number of halogens is 2. The zero-order valence-electron chi connectivity index (χ0n) is 9.23. The van der Waals surface area contributed by atoms with E-state index < -0.39 is 0 Å². The van der Waals surface area contributed by atoms with Crippen LogP contribution in [0.15, 0.2) is 35.8 Å². The lowest BCUT2D eigenvalue weighted by Gasteiger charge is -2.04. The summed E-state index contributed by atoms with van der Waals surface area (Å²) in [5.74, 6) is 0.364. The molecule has 0 fully saturated rings. The van der Waals surface area contributed by atoms with Crippen molar-refractivity contribution in [1.82, 2.24) is 9.97 Å². The van der Waals surface area contributed by atoms with Crippen LogP contribution in [0, 0.1) is 0 Å². The standard InChI is InChI=1S/C13H8Cl2N2S/c14-7-10-6-9-5-8(13-16-3-4-18-13)1-2-11(9)17-12(10)15/h1-6H,7H2. The lowest BCUT2D eigenvalue weighted by Crippen LogP contribution is -1.88. The van der Waals surface area contributed by atoms with E-state index in [0.717, 1.165) is 27.0 Å². The van der Waals surface area contributed by atoms with Gasteiger partial charge in [-0.15, -0.1) is 22.9 Å². The Morgan fingerprint density at radius 3 is 2.83 bits per heavy atom. The van der Waals surface area contributed by atoms with Crippen molar-refractivity contribution < 1.29 is 0 Å². The zero-order chi connectivity index (χ0) is 12.5. The maximum absolute atomic E-state index is 6.04. The number of alkyl halides is 1. The van der Waals surface area contributed by atoms with Crippen molar-refractivity contribution in [2.24, 2.45) is 0 Å². The summed E-state index contributed by atoms with van der Waals surface area (Å²) in [4.78, 5) is 8.63. The smallest absolute Gasteiger partial charge is 0.134 e. The molecule has 0 aliphatic carbocycles. The van der Waals surface area contributed by atoms with Crippen LogP contribution in [0.2, 0.25) is 5.15 Å².